The van der Waals surface area contributed by atoms with Gasteiger partial charge in [-0.1, -0.05) is 43.2 Å². The first-order valence-electron chi connectivity index (χ1n) is 11.0. The second-order valence-corrected chi connectivity index (χ2v) is 8.81. The number of carbonyl (C=O) groups is 2. The molecule has 2 saturated heterocycles. The maximum Gasteiger partial charge on any atom is 0.237 e. The first kappa shape index (κ1) is 19.4. The van der Waals surface area contributed by atoms with Crippen LogP contribution < -0.4 is 10.6 Å². The average molecular weight is 384 g/mol. The van der Waals surface area contributed by atoms with Crippen molar-refractivity contribution in [3.05, 3.63) is 35.9 Å². The van der Waals surface area contributed by atoms with Crippen molar-refractivity contribution in [2.45, 2.75) is 62.8 Å². The second-order valence-electron chi connectivity index (χ2n) is 8.81. The van der Waals surface area contributed by atoms with Crippen LogP contribution in [0.1, 0.15) is 56.9 Å². The zero-order valence-corrected chi connectivity index (χ0v) is 16.8. The molecule has 1 aromatic carbocycles. The molecule has 152 valence electrons. The number of likely N-dealkylation sites (tertiary alicyclic amines) is 1. The highest BCUT2D eigenvalue weighted by molar-refractivity contribution is 5.88. The highest BCUT2D eigenvalue weighted by Gasteiger charge is 2.45. The van der Waals surface area contributed by atoms with Crippen LogP contribution in [0, 0.1) is 5.92 Å². The third-order valence-electron chi connectivity index (χ3n) is 6.94. The van der Waals surface area contributed by atoms with Crippen LogP contribution in [0.4, 0.5) is 0 Å². The molecule has 2 heterocycles. The summed E-state index contributed by atoms with van der Waals surface area (Å²) in [6, 6.07) is 10.3. The number of piperidine rings is 1. The molecule has 28 heavy (non-hydrogen) atoms. The molecule has 2 unspecified atom stereocenters. The van der Waals surface area contributed by atoms with E-state index in [1.54, 1.807) is 0 Å². The molecular weight excluding hydrogens is 350 g/mol. The van der Waals surface area contributed by atoms with Crippen molar-refractivity contribution < 1.29 is 9.59 Å². The van der Waals surface area contributed by atoms with Crippen molar-refractivity contribution in [3.8, 4) is 0 Å². The molecule has 4 rings (SSSR count). The van der Waals surface area contributed by atoms with Crippen LogP contribution in [-0.4, -0.2) is 48.9 Å². The first-order chi connectivity index (χ1) is 13.7. The fourth-order valence-corrected chi connectivity index (χ4v) is 5.36. The second kappa shape index (κ2) is 8.64. The molecule has 5 heteroatoms. The van der Waals surface area contributed by atoms with Gasteiger partial charge in [0.05, 0.1) is 11.5 Å². The molecular formula is C23H33N3O2. The number of nitrogens with zero attached hydrogens (tertiary/aromatic N) is 1. The van der Waals surface area contributed by atoms with E-state index in [2.05, 4.69) is 27.7 Å². The molecule has 0 spiro atoms. The maximum absolute atomic E-state index is 13.6. The average Bonchev–Trinajstić information content (AvgIpc) is 3.45. The fourth-order valence-electron chi connectivity index (χ4n) is 5.36. The topological polar surface area (TPSA) is 61.4 Å². The predicted molar refractivity (Wildman–Crippen MR) is 110 cm³/mol. The van der Waals surface area contributed by atoms with Gasteiger partial charge in [-0.25, -0.2) is 0 Å². The van der Waals surface area contributed by atoms with Crippen LogP contribution in [-0.2, 0) is 15.0 Å². The summed E-state index contributed by atoms with van der Waals surface area (Å²) >= 11 is 0. The minimum absolute atomic E-state index is 0.0267. The molecule has 1 aliphatic carbocycles. The number of carbonyl (C=O) groups excluding carboxylic acids is 2. The van der Waals surface area contributed by atoms with Crippen molar-refractivity contribution in [1.82, 2.24) is 15.5 Å². The molecule has 2 amide bonds. The van der Waals surface area contributed by atoms with Gasteiger partial charge < -0.3 is 15.5 Å². The predicted octanol–water partition coefficient (Wildman–Crippen LogP) is 2.61. The van der Waals surface area contributed by atoms with E-state index in [0.717, 1.165) is 71.0 Å². The Kier molecular flexibility index (Phi) is 6.00. The van der Waals surface area contributed by atoms with Crippen LogP contribution >= 0.6 is 0 Å². The summed E-state index contributed by atoms with van der Waals surface area (Å²) in [7, 11) is 0. The van der Waals surface area contributed by atoms with E-state index in [1.807, 2.05) is 18.2 Å². The Bertz CT molecular complexity index is 678. The van der Waals surface area contributed by atoms with E-state index < -0.39 is 0 Å². The fraction of sp³-hybridized carbons (Fsp3) is 0.652. The normalized spacial score (nSPS) is 26.9. The van der Waals surface area contributed by atoms with E-state index in [4.69, 9.17) is 0 Å². The molecule has 0 aromatic heterocycles. The molecule has 5 nitrogen and oxygen atoms in total. The largest absolute Gasteiger partial charge is 0.354 e. The summed E-state index contributed by atoms with van der Waals surface area (Å²) < 4.78 is 0. The van der Waals surface area contributed by atoms with Gasteiger partial charge in [0.15, 0.2) is 0 Å². The Morgan fingerprint density at radius 3 is 2.57 bits per heavy atom. The highest BCUT2D eigenvalue weighted by Crippen LogP contribution is 2.43. The van der Waals surface area contributed by atoms with Gasteiger partial charge in [-0.05, 0) is 56.6 Å². The lowest BCUT2D eigenvalue weighted by atomic mass is 9.77. The minimum Gasteiger partial charge on any atom is -0.354 e. The summed E-state index contributed by atoms with van der Waals surface area (Å²) in [6.07, 6.45) is 8.29. The van der Waals surface area contributed by atoms with Crippen molar-refractivity contribution in [2.75, 3.05) is 26.2 Å². The maximum atomic E-state index is 13.6. The third-order valence-corrected chi connectivity index (χ3v) is 6.94. The molecule has 0 radical (unpaired) electrons. The smallest absolute Gasteiger partial charge is 0.237 e. The monoisotopic (exact) mass is 383 g/mol. The summed E-state index contributed by atoms with van der Waals surface area (Å²) in [5, 5.41) is 6.38. The zero-order chi connectivity index (χ0) is 19.4. The molecule has 2 aliphatic heterocycles. The van der Waals surface area contributed by atoms with Crippen molar-refractivity contribution in [1.29, 1.82) is 0 Å². The molecule has 3 aliphatic rings. The van der Waals surface area contributed by atoms with Crippen molar-refractivity contribution >= 4 is 11.8 Å². The van der Waals surface area contributed by atoms with E-state index >= 15 is 0 Å². The van der Waals surface area contributed by atoms with Crippen LogP contribution in [0.5, 0.6) is 0 Å². The number of rotatable bonds is 5. The summed E-state index contributed by atoms with van der Waals surface area (Å²) in [5.41, 5.74) is 0.848. The van der Waals surface area contributed by atoms with Crippen LogP contribution in [0.15, 0.2) is 30.3 Å². The summed E-state index contributed by atoms with van der Waals surface area (Å²) in [4.78, 5) is 28.0. The standard InChI is InChI=1S/C23H33N3O2/c27-21(20-11-6-14-24-20)25-16-18-8-7-15-26(17-18)22(28)23(12-4-5-13-23)19-9-2-1-3-10-19/h1-3,9-10,18,20,24H,4-8,11-17H2,(H,25,27). The number of benzene rings is 1. The van der Waals surface area contributed by atoms with Gasteiger partial charge in [-0.15, -0.1) is 0 Å². The molecule has 1 saturated carbocycles. The Morgan fingerprint density at radius 1 is 1.07 bits per heavy atom. The lowest BCUT2D eigenvalue weighted by Crippen LogP contribution is -2.51. The van der Waals surface area contributed by atoms with Crippen LogP contribution in [0.2, 0.25) is 0 Å². The molecule has 3 fully saturated rings. The van der Waals surface area contributed by atoms with Gasteiger partial charge >= 0.3 is 0 Å². The molecule has 2 atom stereocenters. The van der Waals surface area contributed by atoms with E-state index in [1.165, 1.54) is 5.56 Å². The third kappa shape index (κ3) is 3.95. The molecule has 1 aromatic rings. The van der Waals surface area contributed by atoms with Gasteiger partial charge in [-0.3, -0.25) is 9.59 Å². The number of amides is 2. The van der Waals surface area contributed by atoms with E-state index in [0.29, 0.717) is 18.4 Å². The van der Waals surface area contributed by atoms with E-state index in [-0.39, 0.29) is 17.4 Å². The minimum atomic E-state index is -0.333. The van der Waals surface area contributed by atoms with Gasteiger partial charge in [0, 0.05) is 19.6 Å². The summed E-state index contributed by atoms with van der Waals surface area (Å²) in [6.45, 7) is 3.23. The first-order valence-corrected chi connectivity index (χ1v) is 11.0. The van der Waals surface area contributed by atoms with Crippen LogP contribution in [0.25, 0.3) is 0 Å². The Hall–Kier alpha value is -1.88. The van der Waals surface area contributed by atoms with Gasteiger partial charge in [0.25, 0.3) is 0 Å². The Balaban J connectivity index is 1.39. The van der Waals surface area contributed by atoms with Crippen molar-refractivity contribution in [2.24, 2.45) is 5.92 Å². The zero-order valence-electron chi connectivity index (χ0n) is 16.8. The highest BCUT2D eigenvalue weighted by atomic mass is 16.2. The Morgan fingerprint density at radius 2 is 1.86 bits per heavy atom. The SMILES string of the molecule is O=C(NCC1CCCN(C(=O)C2(c3ccccc3)CCCC2)C1)C1CCCN1. The summed E-state index contributed by atoms with van der Waals surface area (Å²) in [5.74, 6) is 0.791. The van der Waals surface area contributed by atoms with E-state index in [9.17, 15) is 9.59 Å². The van der Waals surface area contributed by atoms with Gasteiger partial charge in [0.2, 0.25) is 11.8 Å². The van der Waals surface area contributed by atoms with Gasteiger partial charge in [0.1, 0.15) is 0 Å². The lowest BCUT2D eigenvalue weighted by molar-refractivity contribution is -0.139. The number of hydrogen-bond donors (Lipinski definition) is 2. The molecule has 0 bridgehead atoms. The number of nitrogens with one attached hydrogen (secondary N) is 2. The van der Waals surface area contributed by atoms with Gasteiger partial charge in [-0.2, -0.15) is 0 Å². The Labute approximate surface area is 168 Å². The van der Waals surface area contributed by atoms with Crippen molar-refractivity contribution in [3.63, 3.8) is 0 Å². The van der Waals surface area contributed by atoms with Crippen LogP contribution in [0.3, 0.4) is 0 Å². The number of hydrogen-bond acceptors (Lipinski definition) is 3. The molecule has 2 N–H and O–H groups in total. The lowest BCUT2D eigenvalue weighted by Gasteiger charge is -2.39. The quantitative estimate of drug-likeness (QED) is 0.822.